The maximum atomic E-state index is 12.6. The standard InChI is InChI=1S/C12H11FN2O4S2/c1-7(16)14-10-5-9(11-6-20-8(2)15-11)3-4-12(10)19-21(13,17)18/h3-6H,1-2H3,(H,14,16). The van der Waals surface area contributed by atoms with Crippen LogP contribution in [0.4, 0.5) is 9.57 Å². The first-order chi connectivity index (χ1) is 9.74. The van der Waals surface area contributed by atoms with Gasteiger partial charge < -0.3 is 9.50 Å². The number of aromatic nitrogens is 1. The van der Waals surface area contributed by atoms with E-state index in [1.165, 1.54) is 36.5 Å². The van der Waals surface area contributed by atoms with Gasteiger partial charge in [-0.2, -0.15) is 8.42 Å². The molecule has 1 aromatic heterocycles. The molecule has 0 fully saturated rings. The van der Waals surface area contributed by atoms with E-state index >= 15 is 0 Å². The number of amides is 1. The highest BCUT2D eigenvalue weighted by molar-refractivity contribution is 7.81. The summed E-state index contributed by atoms with van der Waals surface area (Å²) < 4.78 is 38.0. The number of benzene rings is 1. The number of nitrogens with one attached hydrogen (secondary N) is 1. The molecule has 0 aliphatic carbocycles. The summed E-state index contributed by atoms with van der Waals surface area (Å²) >= 11 is 1.45. The number of carbonyl (C=O) groups is 1. The molecule has 2 aromatic rings. The molecule has 1 heterocycles. The van der Waals surface area contributed by atoms with Gasteiger partial charge in [0.1, 0.15) is 0 Å². The van der Waals surface area contributed by atoms with Crippen molar-refractivity contribution in [2.24, 2.45) is 0 Å². The highest BCUT2D eigenvalue weighted by Crippen LogP contribution is 2.32. The Kier molecular flexibility index (Phi) is 4.24. The molecule has 9 heteroatoms. The zero-order valence-electron chi connectivity index (χ0n) is 11.1. The largest absolute Gasteiger partial charge is 0.488 e. The normalized spacial score (nSPS) is 11.2. The Morgan fingerprint density at radius 3 is 2.67 bits per heavy atom. The summed E-state index contributed by atoms with van der Waals surface area (Å²) in [6.45, 7) is 3.09. The van der Waals surface area contributed by atoms with Gasteiger partial charge in [-0.25, -0.2) is 4.98 Å². The van der Waals surface area contributed by atoms with Gasteiger partial charge in [-0.15, -0.1) is 11.3 Å². The monoisotopic (exact) mass is 330 g/mol. The summed E-state index contributed by atoms with van der Waals surface area (Å²) in [5.74, 6) is -0.744. The lowest BCUT2D eigenvalue weighted by atomic mass is 10.1. The third-order valence-electron chi connectivity index (χ3n) is 2.39. The number of hydrogen-bond donors (Lipinski definition) is 1. The van der Waals surface area contributed by atoms with Crippen molar-refractivity contribution in [3.05, 3.63) is 28.6 Å². The Morgan fingerprint density at radius 2 is 2.14 bits per heavy atom. The van der Waals surface area contributed by atoms with Crippen molar-refractivity contribution < 1.29 is 21.3 Å². The second-order valence-electron chi connectivity index (χ2n) is 4.12. The number of halogens is 1. The van der Waals surface area contributed by atoms with E-state index in [2.05, 4.69) is 14.5 Å². The zero-order valence-corrected chi connectivity index (χ0v) is 12.7. The average Bonchev–Trinajstić information content (AvgIpc) is 2.76. The maximum Gasteiger partial charge on any atom is 0.488 e. The number of rotatable bonds is 4. The molecule has 0 spiro atoms. The number of carbonyl (C=O) groups excluding carboxylic acids is 1. The summed E-state index contributed by atoms with van der Waals surface area (Å²) in [5, 5.41) is 5.07. The molecular formula is C12H11FN2O4S2. The van der Waals surface area contributed by atoms with Crippen LogP contribution in [0.3, 0.4) is 0 Å². The number of hydrogen-bond acceptors (Lipinski definition) is 6. The highest BCUT2D eigenvalue weighted by Gasteiger charge is 2.16. The molecule has 1 aromatic carbocycles. The predicted molar refractivity (Wildman–Crippen MR) is 77.2 cm³/mol. The van der Waals surface area contributed by atoms with Crippen LogP contribution in [-0.2, 0) is 15.3 Å². The van der Waals surface area contributed by atoms with E-state index in [9.17, 15) is 17.1 Å². The minimum absolute atomic E-state index is 0.0480. The van der Waals surface area contributed by atoms with Crippen LogP contribution < -0.4 is 9.50 Å². The lowest BCUT2D eigenvalue weighted by Gasteiger charge is -2.10. The van der Waals surface area contributed by atoms with Gasteiger partial charge in [0.15, 0.2) is 5.75 Å². The summed E-state index contributed by atoms with van der Waals surface area (Å²) in [6, 6.07) is 4.25. The molecule has 21 heavy (non-hydrogen) atoms. The fourth-order valence-corrected chi connectivity index (χ4v) is 2.63. The molecule has 1 N–H and O–H groups in total. The van der Waals surface area contributed by atoms with Gasteiger partial charge in [-0.3, -0.25) is 4.79 Å². The molecule has 0 saturated carbocycles. The number of nitrogens with zero attached hydrogens (tertiary/aromatic N) is 1. The Morgan fingerprint density at radius 1 is 1.43 bits per heavy atom. The lowest BCUT2D eigenvalue weighted by Crippen LogP contribution is -2.09. The van der Waals surface area contributed by atoms with Gasteiger partial charge in [-0.1, -0.05) is 3.89 Å². The molecule has 0 aliphatic rings. The van der Waals surface area contributed by atoms with Gasteiger partial charge in [-0.05, 0) is 25.1 Å². The number of thiazole rings is 1. The third-order valence-corrected chi connectivity index (χ3v) is 3.55. The van der Waals surface area contributed by atoms with Crippen molar-refractivity contribution in [2.75, 3.05) is 5.32 Å². The molecule has 0 atom stereocenters. The minimum Gasteiger partial charge on any atom is -0.356 e. The molecule has 0 radical (unpaired) electrons. The first-order valence-corrected chi connectivity index (χ1v) is 7.91. The fourth-order valence-electron chi connectivity index (χ4n) is 1.65. The predicted octanol–water partition coefficient (Wildman–Crippen LogP) is 2.67. The topological polar surface area (TPSA) is 85.4 Å². The summed E-state index contributed by atoms with van der Waals surface area (Å²) in [7, 11) is -5.17. The molecule has 2 rings (SSSR count). The first-order valence-electron chi connectivity index (χ1n) is 5.73. The Bertz CT molecular complexity index is 786. The van der Waals surface area contributed by atoms with E-state index in [1.807, 2.05) is 12.3 Å². The van der Waals surface area contributed by atoms with E-state index in [4.69, 9.17) is 0 Å². The molecule has 6 nitrogen and oxygen atoms in total. The van der Waals surface area contributed by atoms with Gasteiger partial charge in [0.2, 0.25) is 5.91 Å². The third kappa shape index (κ3) is 4.23. The highest BCUT2D eigenvalue weighted by atomic mass is 32.3. The van der Waals surface area contributed by atoms with Crippen LogP contribution in [0.5, 0.6) is 5.75 Å². The molecule has 0 unspecified atom stereocenters. The van der Waals surface area contributed by atoms with Crippen molar-refractivity contribution in [3.63, 3.8) is 0 Å². The van der Waals surface area contributed by atoms with Crippen LogP contribution in [0.2, 0.25) is 0 Å². The molecular weight excluding hydrogens is 319 g/mol. The first kappa shape index (κ1) is 15.4. The summed E-state index contributed by atoms with van der Waals surface area (Å²) in [4.78, 5) is 15.4. The van der Waals surface area contributed by atoms with Crippen molar-refractivity contribution in [1.82, 2.24) is 4.98 Å². The maximum absolute atomic E-state index is 12.6. The molecule has 0 aliphatic heterocycles. The number of anilines is 1. The molecule has 1 amide bonds. The van der Waals surface area contributed by atoms with Gasteiger partial charge >= 0.3 is 10.5 Å². The van der Waals surface area contributed by atoms with E-state index < -0.39 is 16.4 Å². The van der Waals surface area contributed by atoms with Crippen LogP contribution in [0.25, 0.3) is 11.3 Å². The van der Waals surface area contributed by atoms with Crippen LogP contribution in [-0.4, -0.2) is 19.3 Å². The fraction of sp³-hybridized carbons (Fsp3) is 0.167. The average molecular weight is 330 g/mol. The molecule has 0 bridgehead atoms. The van der Waals surface area contributed by atoms with Crippen LogP contribution in [0, 0.1) is 6.92 Å². The van der Waals surface area contributed by atoms with Gasteiger partial charge in [0, 0.05) is 17.9 Å². The van der Waals surface area contributed by atoms with E-state index in [-0.39, 0.29) is 11.4 Å². The van der Waals surface area contributed by atoms with E-state index in [0.717, 1.165) is 5.01 Å². The zero-order chi connectivity index (χ0) is 15.6. The second-order valence-corrected chi connectivity index (χ2v) is 6.14. The van der Waals surface area contributed by atoms with Gasteiger partial charge in [0.05, 0.1) is 16.4 Å². The Labute approximate surface area is 125 Å². The van der Waals surface area contributed by atoms with Crippen molar-refractivity contribution >= 4 is 33.4 Å². The molecule has 112 valence electrons. The smallest absolute Gasteiger partial charge is 0.356 e. The summed E-state index contributed by atoms with van der Waals surface area (Å²) in [6.07, 6.45) is 0. The second kappa shape index (κ2) is 5.78. The lowest BCUT2D eigenvalue weighted by molar-refractivity contribution is -0.114. The van der Waals surface area contributed by atoms with Crippen LogP contribution in [0.1, 0.15) is 11.9 Å². The quantitative estimate of drug-likeness (QED) is 0.871. The van der Waals surface area contributed by atoms with E-state index in [1.54, 1.807) is 0 Å². The number of aryl methyl sites for hydroxylation is 1. The molecule has 0 saturated heterocycles. The Hall–Kier alpha value is -2.00. The van der Waals surface area contributed by atoms with Crippen molar-refractivity contribution in [3.8, 4) is 17.0 Å². The van der Waals surface area contributed by atoms with Crippen molar-refractivity contribution in [2.45, 2.75) is 13.8 Å². The van der Waals surface area contributed by atoms with Crippen LogP contribution >= 0.6 is 11.3 Å². The van der Waals surface area contributed by atoms with Gasteiger partial charge in [0.25, 0.3) is 0 Å². The summed E-state index contributed by atoms with van der Waals surface area (Å²) in [5.41, 5.74) is 1.36. The van der Waals surface area contributed by atoms with Crippen LogP contribution in [0.15, 0.2) is 23.6 Å². The SMILES string of the molecule is CC(=O)Nc1cc(-c2csc(C)n2)ccc1OS(=O)(=O)F. The van der Waals surface area contributed by atoms with E-state index in [0.29, 0.717) is 11.3 Å². The van der Waals surface area contributed by atoms with Crippen molar-refractivity contribution in [1.29, 1.82) is 0 Å². The Balaban J connectivity index is 2.46. The minimum atomic E-state index is -5.17.